The zero-order valence-electron chi connectivity index (χ0n) is 11.6. The second-order valence-corrected chi connectivity index (χ2v) is 5.38. The van der Waals surface area contributed by atoms with E-state index in [9.17, 15) is 0 Å². The second kappa shape index (κ2) is 4.85. The molecule has 1 fully saturated rings. The number of benzene rings is 1. The fraction of sp³-hybridized carbons (Fsp3) is 0.533. The molecule has 1 aromatic heterocycles. The van der Waals surface area contributed by atoms with Crippen molar-refractivity contribution in [1.82, 2.24) is 4.98 Å². The highest BCUT2D eigenvalue weighted by atomic mass is 16.5. The van der Waals surface area contributed by atoms with Gasteiger partial charge in [0.05, 0.1) is 6.10 Å². The molecule has 0 saturated heterocycles. The van der Waals surface area contributed by atoms with Crippen molar-refractivity contribution in [3.63, 3.8) is 0 Å². The Bertz CT molecular complexity index is 575. The molecular formula is C15H20N2O2. The predicted octanol–water partition coefficient (Wildman–Crippen LogP) is 3.54. The van der Waals surface area contributed by atoms with Gasteiger partial charge in [-0.25, -0.2) is 4.98 Å². The molecule has 2 atom stereocenters. The van der Waals surface area contributed by atoms with Gasteiger partial charge in [-0.2, -0.15) is 0 Å². The second-order valence-electron chi connectivity index (χ2n) is 5.38. The van der Waals surface area contributed by atoms with Crippen LogP contribution < -0.4 is 5.32 Å². The summed E-state index contributed by atoms with van der Waals surface area (Å²) in [4.78, 5) is 4.57. The molecule has 1 N–H and O–H groups in total. The van der Waals surface area contributed by atoms with Gasteiger partial charge in [0.2, 0.25) is 0 Å². The van der Waals surface area contributed by atoms with Gasteiger partial charge in [-0.1, -0.05) is 0 Å². The number of rotatable bonds is 5. The van der Waals surface area contributed by atoms with Gasteiger partial charge in [-0.15, -0.1) is 0 Å². The topological polar surface area (TPSA) is 47.3 Å². The first-order valence-corrected chi connectivity index (χ1v) is 6.87. The van der Waals surface area contributed by atoms with Gasteiger partial charge < -0.3 is 14.5 Å². The minimum atomic E-state index is 0.162. The van der Waals surface area contributed by atoms with E-state index in [1.165, 1.54) is 12.8 Å². The monoisotopic (exact) mass is 260 g/mol. The summed E-state index contributed by atoms with van der Waals surface area (Å²) < 4.78 is 11.1. The number of methoxy groups -OCH3 is 1. The Labute approximate surface area is 113 Å². The van der Waals surface area contributed by atoms with Gasteiger partial charge in [0, 0.05) is 24.8 Å². The van der Waals surface area contributed by atoms with Crippen LogP contribution in [0.4, 0.5) is 5.69 Å². The van der Waals surface area contributed by atoms with Gasteiger partial charge in [-0.05, 0) is 44.9 Å². The lowest BCUT2D eigenvalue weighted by Gasteiger charge is -2.20. The molecule has 0 aliphatic heterocycles. The molecule has 1 saturated carbocycles. The van der Waals surface area contributed by atoms with Crippen LogP contribution in [-0.4, -0.2) is 24.2 Å². The third-order valence-corrected chi connectivity index (χ3v) is 3.80. The zero-order chi connectivity index (χ0) is 13.4. The Morgan fingerprint density at radius 1 is 1.37 bits per heavy atom. The van der Waals surface area contributed by atoms with E-state index in [-0.39, 0.29) is 12.1 Å². The first kappa shape index (κ1) is 12.5. The molecule has 19 heavy (non-hydrogen) atoms. The largest absolute Gasteiger partial charge is 0.440 e. The lowest BCUT2D eigenvalue weighted by atomic mass is 10.2. The highest BCUT2D eigenvalue weighted by Crippen LogP contribution is 2.40. The number of hydrogen-bond donors (Lipinski definition) is 1. The molecule has 1 heterocycles. The summed E-state index contributed by atoms with van der Waals surface area (Å²) in [6.07, 6.45) is 2.58. The lowest BCUT2D eigenvalue weighted by molar-refractivity contribution is 0.106. The average Bonchev–Trinajstić information content (AvgIpc) is 3.17. The molecular weight excluding hydrogens is 240 g/mol. The maximum atomic E-state index is 5.76. The molecule has 1 aliphatic rings. The van der Waals surface area contributed by atoms with E-state index in [2.05, 4.69) is 24.1 Å². The van der Waals surface area contributed by atoms with Gasteiger partial charge >= 0.3 is 0 Å². The summed E-state index contributed by atoms with van der Waals surface area (Å²) in [7, 11) is 1.73. The maximum Gasteiger partial charge on any atom is 0.198 e. The molecule has 2 aromatic rings. The number of hydrogen-bond acceptors (Lipinski definition) is 4. The number of aromatic nitrogens is 1. The number of oxazole rings is 1. The normalized spacial score (nSPS) is 18.5. The quantitative estimate of drug-likeness (QED) is 0.893. The fourth-order valence-electron chi connectivity index (χ4n) is 2.12. The molecule has 0 bridgehead atoms. The van der Waals surface area contributed by atoms with Crippen molar-refractivity contribution in [3.8, 4) is 0 Å². The van der Waals surface area contributed by atoms with E-state index >= 15 is 0 Å². The highest BCUT2D eigenvalue weighted by molar-refractivity contribution is 5.77. The predicted molar refractivity (Wildman–Crippen MR) is 75.5 cm³/mol. The van der Waals surface area contributed by atoms with E-state index in [0.29, 0.717) is 5.92 Å². The van der Waals surface area contributed by atoms with Crippen LogP contribution >= 0.6 is 0 Å². The van der Waals surface area contributed by atoms with Gasteiger partial charge in [-0.3, -0.25) is 0 Å². The van der Waals surface area contributed by atoms with Crippen molar-refractivity contribution in [2.45, 2.75) is 44.8 Å². The molecule has 1 aliphatic carbocycles. The first-order chi connectivity index (χ1) is 9.17. The summed E-state index contributed by atoms with van der Waals surface area (Å²) in [6.45, 7) is 4.16. The van der Waals surface area contributed by atoms with Crippen LogP contribution in [0.3, 0.4) is 0 Å². The maximum absolute atomic E-state index is 5.76. The van der Waals surface area contributed by atoms with Gasteiger partial charge in [0.15, 0.2) is 11.5 Å². The molecule has 4 heteroatoms. The molecule has 0 amide bonds. The number of fused-ring (bicyclic) bond motifs is 1. The minimum absolute atomic E-state index is 0.162. The Morgan fingerprint density at radius 2 is 2.16 bits per heavy atom. The fourth-order valence-corrected chi connectivity index (χ4v) is 2.12. The van der Waals surface area contributed by atoms with Crippen molar-refractivity contribution < 1.29 is 9.15 Å². The number of nitrogens with zero attached hydrogens (tertiary/aromatic N) is 1. The summed E-state index contributed by atoms with van der Waals surface area (Å²) in [5, 5.41) is 3.43. The van der Waals surface area contributed by atoms with Gasteiger partial charge in [0.25, 0.3) is 0 Å². The molecule has 3 rings (SSSR count). The summed E-state index contributed by atoms with van der Waals surface area (Å²) in [5.41, 5.74) is 2.86. The molecule has 102 valence electrons. The Balaban J connectivity index is 1.80. The summed E-state index contributed by atoms with van der Waals surface area (Å²) in [6, 6.07) is 6.31. The standard InChI is InChI=1S/C15H20N2O2/c1-9(10(2)18-3)16-12-6-7-14-13(8-12)17-15(19-14)11-4-5-11/h6-11,16H,4-5H2,1-3H3. The van der Waals surface area contributed by atoms with E-state index in [1.54, 1.807) is 7.11 Å². The van der Waals surface area contributed by atoms with Crippen LogP contribution in [0.2, 0.25) is 0 Å². The third-order valence-electron chi connectivity index (χ3n) is 3.80. The summed E-state index contributed by atoms with van der Waals surface area (Å²) >= 11 is 0. The Kier molecular flexibility index (Phi) is 3.19. The van der Waals surface area contributed by atoms with Crippen molar-refractivity contribution in [1.29, 1.82) is 0 Å². The van der Waals surface area contributed by atoms with Crippen LogP contribution in [-0.2, 0) is 4.74 Å². The highest BCUT2D eigenvalue weighted by Gasteiger charge is 2.28. The number of ether oxygens (including phenoxy) is 1. The van der Waals surface area contributed by atoms with Crippen LogP contribution in [0.1, 0.15) is 38.5 Å². The average molecular weight is 260 g/mol. The van der Waals surface area contributed by atoms with Crippen LogP contribution in [0.25, 0.3) is 11.1 Å². The van der Waals surface area contributed by atoms with E-state index in [0.717, 1.165) is 22.7 Å². The van der Waals surface area contributed by atoms with Crippen molar-refractivity contribution >= 4 is 16.8 Å². The molecule has 0 radical (unpaired) electrons. The minimum Gasteiger partial charge on any atom is -0.440 e. The van der Waals surface area contributed by atoms with Crippen LogP contribution in [0.15, 0.2) is 22.6 Å². The van der Waals surface area contributed by atoms with Crippen LogP contribution in [0.5, 0.6) is 0 Å². The smallest absolute Gasteiger partial charge is 0.198 e. The van der Waals surface area contributed by atoms with Gasteiger partial charge in [0.1, 0.15) is 5.52 Å². The number of anilines is 1. The Hall–Kier alpha value is -1.55. The summed E-state index contributed by atoms with van der Waals surface area (Å²) in [5.74, 6) is 1.45. The van der Waals surface area contributed by atoms with Crippen molar-refractivity contribution in [2.24, 2.45) is 0 Å². The Morgan fingerprint density at radius 3 is 2.84 bits per heavy atom. The molecule has 2 unspecified atom stereocenters. The molecule has 0 spiro atoms. The van der Waals surface area contributed by atoms with Crippen molar-refractivity contribution in [3.05, 3.63) is 24.1 Å². The molecule has 1 aromatic carbocycles. The molecule has 4 nitrogen and oxygen atoms in total. The third kappa shape index (κ3) is 2.59. The van der Waals surface area contributed by atoms with E-state index in [1.807, 2.05) is 18.2 Å². The van der Waals surface area contributed by atoms with Crippen LogP contribution in [0, 0.1) is 0 Å². The number of nitrogens with one attached hydrogen (secondary N) is 1. The first-order valence-electron chi connectivity index (χ1n) is 6.87. The zero-order valence-corrected chi connectivity index (χ0v) is 11.6. The van der Waals surface area contributed by atoms with E-state index in [4.69, 9.17) is 9.15 Å². The van der Waals surface area contributed by atoms with Crippen molar-refractivity contribution in [2.75, 3.05) is 12.4 Å². The lowest BCUT2D eigenvalue weighted by Crippen LogP contribution is -2.29. The van der Waals surface area contributed by atoms with E-state index < -0.39 is 0 Å². The SMILES string of the molecule is COC(C)C(C)Nc1ccc2oc(C3CC3)nc2c1.